The van der Waals surface area contributed by atoms with Crippen molar-refractivity contribution in [3.05, 3.63) is 0 Å². The zero-order valence-corrected chi connectivity index (χ0v) is 14.0. The summed E-state index contributed by atoms with van der Waals surface area (Å²) >= 11 is 0. The predicted octanol–water partition coefficient (Wildman–Crippen LogP) is 0.992. The Bertz CT molecular complexity index is 294. The van der Waals surface area contributed by atoms with E-state index in [-0.39, 0.29) is 49.6 Å². The summed E-state index contributed by atoms with van der Waals surface area (Å²) in [4.78, 5) is 40.8. The fraction of sp³-hybridized carbons (Fsp3) is 0.667. The maximum Gasteiger partial charge on any atom is 0.372 e. The largest absolute Gasteiger partial charge is 0.475 e. The van der Waals surface area contributed by atoms with Crippen LogP contribution in [0.3, 0.4) is 0 Å². The summed E-state index contributed by atoms with van der Waals surface area (Å²) in [5.74, 6) is -4.74. The average Bonchev–Trinajstić information content (AvgIpc) is 2.35. The third-order valence-corrected chi connectivity index (χ3v) is 2.54. The molecule has 0 spiro atoms. The minimum atomic E-state index is -1.33. The third kappa shape index (κ3) is 11.1. The second-order valence-corrected chi connectivity index (χ2v) is 3.96. The summed E-state index contributed by atoms with van der Waals surface area (Å²) in [6.07, 6.45) is 1.18. The average molecular weight is 300 g/mol. The molecule has 7 heteroatoms. The third-order valence-electron chi connectivity index (χ3n) is 2.54. The van der Waals surface area contributed by atoms with E-state index in [2.05, 4.69) is 0 Å². The van der Waals surface area contributed by atoms with Crippen molar-refractivity contribution in [2.75, 3.05) is 0 Å². The van der Waals surface area contributed by atoms with Gasteiger partial charge in [0.05, 0.1) is 0 Å². The minimum Gasteiger partial charge on any atom is -0.475 e. The summed E-state index contributed by atoms with van der Waals surface area (Å²) in [6.45, 7) is 6.78. The van der Waals surface area contributed by atoms with Crippen molar-refractivity contribution >= 4 is 61.2 Å². The number of carboxylic acids is 2. The molecule has 0 aliphatic rings. The van der Waals surface area contributed by atoms with Crippen LogP contribution < -0.4 is 0 Å². The van der Waals surface area contributed by atoms with Crippen LogP contribution in [0.25, 0.3) is 0 Å². The molecule has 106 valence electrons. The Morgan fingerprint density at radius 1 is 0.789 bits per heavy atom. The van der Waals surface area contributed by atoms with Crippen LogP contribution >= 0.6 is 0 Å². The van der Waals surface area contributed by atoms with E-state index in [0.29, 0.717) is 12.8 Å². The molecule has 0 aromatic rings. The molecule has 2 atom stereocenters. The summed E-state index contributed by atoms with van der Waals surface area (Å²) in [7, 11) is 0. The molecular weight excluding hydrogens is 280 g/mol. The monoisotopic (exact) mass is 300 g/mol. The summed E-state index contributed by atoms with van der Waals surface area (Å²) in [5.41, 5.74) is 0. The number of aliphatic carboxylic acids is 2. The number of Topliss-reactive ketones (excluding diaryl/α,β-unsaturated/α-hetero) is 2. The zero-order valence-electron chi connectivity index (χ0n) is 11.8. The molecule has 0 aromatic carbocycles. The molecule has 0 rings (SSSR count). The van der Waals surface area contributed by atoms with Crippen LogP contribution in [-0.4, -0.2) is 71.5 Å². The SMILES string of the molecule is CCC(C)C(=O)C(=O)O.CCC(C)C(=O)C(=O)O.[Ca]. The second kappa shape index (κ2) is 12.6. The van der Waals surface area contributed by atoms with E-state index in [1.807, 2.05) is 0 Å². The Balaban J connectivity index is -0.000000256. The van der Waals surface area contributed by atoms with E-state index in [4.69, 9.17) is 10.2 Å². The summed E-state index contributed by atoms with van der Waals surface area (Å²) in [6, 6.07) is 0. The first-order valence-electron chi connectivity index (χ1n) is 5.73. The molecule has 0 amide bonds. The van der Waals surface area contributed by atoms with Crippen molar-refractivity contribution < 1.29 is 29.4 Å². The van der Waals surface area contributed by atoms with Gasteiger partial charge >= 0.3 is 11.9 Å². The van der Waals surface area contributed by atoms with Crippen LogP contribution in [0, 0.1) is 11.8 Å². The van der Waals surface area contributed by atoms with Gasteiger partial charge in [0.2, 0.25) is 11.6 Å². The van der Waals surface area contributed by atoms with Crippen molar-refractivity contribution in [2.24, 2.45) is 11.8 Å². The van der Waals surface area contributed by atoms with Gasteiger partial charge in [-0.05, 0) is 12.8 Å². The van der Waals surface area contributed by atoms with E-state index in [0.717, 1.165) is 0 Å². The number of rotatable bonds is 6. The normalized spacial score (nSPS) is 12.0. The van der Waals surface area contributed by atoms with Crippen molar-refractivity contribution in [1.29, 1.82) is 0 Å². The number of carbonyl (C=O) groups is 4. The fourth-order valence-electron chi connectivity index (χ4n) is 0.792. The van der Waals surface area contributed by atoms with Crippen LogP contribution in [0.5, 0.6) is 0 Å². The predicted molar refractivity (Wildman–Crippen MR) is 69.9 cm³/mol. The number of carbonyl (C=O) groups excluding carboxylic acids is 2. The zero-order chi connectivity index (χ0) is 14.9. The van der Waals surface area contributed by atoms with Crippen molar-refractivity contribution in [2.45, 2.75) is 40.5 Å². The Morgan fingerprint density at radius 2 is 1.00 bits per heavy atom. The Labute approximate surface area is 142 Å². The van der Waals surface area contributed by atoms with Crippen LogP contribution in [0.2, 0.25) is 0 Å². The molecule has 0 aromatic heterocycles. The molecule has 0 bridgehead atoms. The molecule has 0 heterocycles. The van der Waals surface area contributed by atoms with Gasteiger partial charge in [-0.1, -0.05) is 27.7 Å². The summed E-state index contributed by atoms with van der Waals surface area (Å²) < 4.78 is 0. The molecule has 0 saturated carbocycles. The van der Waals surface area contributed by atoms with Gasteiger partial charge < -0.3 is 10.2 Å². The minimum absolute atomic E-state index is 0. The maximum absolute atomic E-state index is 10.5. The number of hydrogen-bond donors (Lipinski definition) is 2. The van der Waals surface area contributed by atoms with E-state index in [1.165, 1.54) is 0 Å². The smallest absolute Gasteiger partial charge is 0.372 e. The van der Waals surface area contributed by atoms with Crippen LogP contribution in [-0.2, 0) is 19.2 Å². The topological polar surface area (TPSA) is 109 Å². The first kappa shape index (κ1) is 23.6. The number of ketones is 2. The van der Waals surface area contributed by atoms with Gasteiger partial charge in [0.25, 0.3) is 0 Å². The van der Waals surface area contributed by atoms with E-state index < -0.39 is 23.5 Å². The molecule has 2 N–H and O–H groups in total. The molecule has 2 radical (unpaired) electrons. The molecule has 19 heavy (non-hydrogen) atoms. The van der Waals surface area contributed by atoms with Crippen LogP contribution in [0.4, 0.5) is 0 Å². The molecule has 2 unspecified atom stereocenters. The molecule has 0 aliphatic carbocycles. The van der Waals surface area contributed by atoms with Gasteiger partial charge in [-0.15, -0.1) is 0 Å². The second-order valence-electron chi connectivity index (χ2n) is 3.96. The Morgan fingerprint density at radius 3 is 1.05 bits per heavy atom. The van der Waals surface area contributed by atoms with Gasteiger partial charge in [0.1, 0.15) is 0 Å². The molecule has 0 fully saturated rings. The first-order chi connectivity index (χ1) is 8.18. The Hall–Kier alpha value is -0.460. The van der Waals surface area contributed by atoms with E-state index >= 15 is 0 Å². The first-order valence-corrected chi connectivity index (χ1v) is 5.73. The van der Waals surface area contributed by atoms with Crippen molar-refractivity contribution in [3.8, 4) is 0 Å². The molecule has 6 nitrogen and oxygen atoms in total. The van der Waals surface area contributed by atoms with Gasteiger partial charge in [-0.25, -0.2) is 9.59 Å². The Kier molecular flexibility index (Phi) is 15.6. The van der Waals surface area contributed by atoms with Crippen molar-refractivity contribution in [1.82, 2.24) is 0 Å². The van der Waals surface area contributed by atoms with Crippen LogP contribution in [0.1, 0.15) is 40.5 Å². The van der Waals surface area contributed by atoms with E-state index in [9.17, 15) is 19.2 Å². The molecule has 0 aliphatic heterocycles. The van der Waals surface area contributed by atoms with Crippen LogP contribution in [0.15, 0.2) is 0 Å². The summed E-state index contributed by atoms with van der Waals surface area (Å²) in [5, 5.41) is 16.3. The van der Waals surface area contributed by atoms with Gasteiger partial charge in [-0.3, -0.25) is 9.59 Å². The van der Waals surface area contributed by atoms with Crippen molar-refractivity contribution in [3.63, 3.8) is 0 Å². The number of hydrogen-bond acceptors (Lipinski definition) is 4. The quantitative estimate of drug-likeness (QED) is 0.559. The maximum atomic E-state index is 10.5. The van der Waals surface area contributed by atoms with Gasteiger partial charge in [-0.2, -0.15) is 0 Å². The molecule has 0 saturated heterocycles. The van der Waals surface area contributed by atoms with Gasteiger partial charge in [0.15, 0.2) is 0 Å². The molecular formula is C12H20CaO6. The fourth-order valence-corrected chi connectivity index (χ4v) is 0.792. The van der Waals surface area contributed by atoms with E-state index in [1.54, 1.807) is 27.7 Å². The standard InChI is InChI=1S/2C6H10O3.Ca/c2*1-3-4(2)5(7)6(8)9;/h2*4H,3H2,1-2H3,(H,8,9);. The van der Waals surface area contributed by atoms with Gasteiger partial charge in [0, 0.05) is 49.6 Å². The number of carboxylic acid groups (broad SMARTS) is 2.